The van der Waals surface area contributed by atoms with E-state index in [2.05, 4.69) is 0 Å². The molecule has 0 saturated heterocycles. The fourth-order valence-corrected chi connectivity index (χ4v) is 3.91. The Balaban J connectivity index is 1.96. The number of nitrogens with zero attached hydrogens (tertiary/aromatic N) is 2. The highest BCUT2D eigenvalue weighted by Crippen LogP contribution is 2.30. The van der Waals surface area contributed by atoms with Crippen molar-refractivity contribution in [3.05, 3.63) is 83.1 Å². The number of hydrogen-bond donors (Lipinski definition) is 1. The van der Waals surface area contributed by atoms with Crippen LogP contribution in [0.25, 0.3) is 21.7 Å². The molecule has 0 atom stereocenters. The van der Waals surface area contributed by atoms with Gasteiger partial charge in [0.05, 0.1) is 6.42 Å². The van der Waals surface area contributed by atoms with E-state index in [9.17, 15) is 23.5 Å². The van der Waals surface area contributed by atoms with Crippen molar-refractivity contribution < 1.29 is 23.5 Å². The molecule has 5 nitrogen and oxygen atoms in total. The molecule has 1 N–H and O–H groups in total. The van der Waals surface area contributed by atoms with Gasteiger partial charge < -0.3 is 14.6 Å². The summed E-state index contributed by atoms with van der Waals surface area (Å²) in [5.74, 6) is -2.43. The maximum Gasteiger partial charge on any atom is 0.352 e. The lowest BCUT2D eigenvalue weighted by atomic mass is 10.0. The standard InChI is InChI=1S/C24H20F2N2O3/c1-27(2)22(29)12-20-19-11-17(26)8-9-21(19)28(23(20)24(30)31)13-15-5-3-4-14-6-7-16(25)10-18(14)15/h3-11H,12-13H2,1-2H3,(H,30,31). The molecule has 0 aliphatic heterocycles. The first-order chi connectivity index (χ1) is 14.8. The van der Waals surface area contributed by atoms with Gasteiger partial charge in [0, 0.05) is 37.1 Å². The van der Waals surface area contributed by atoms with Crippen molar-refractivity contribution in [2.45, 2.75) is 13.0 Å². The number of halogens is 2. The Bertz CT molecular complexity index is 1340. The van der Waals surface area contributed by atoms with Gasteiger partial charge in [-0.15, -0.1) is 0 Å². The van der Waals surface area contributed by atoms with Crippen molar-refractivity contribution in [3.63, 3.8) is 0 Å². The number of rotatable bonds is 5. The highest BCUT2D eigenvalue weighted by molar-refractivity contribution is 6.01. The molecule has 158 valence electrons. The minimum atomic E-state index is -1.22. The van der Waals surface area contributed by atoms with E-state index in [4.69, 9.17) is 0 Å². The number of benzene rings is 3. The average Bonchev–Trinajstić information content (AvgIpc) is 3.01. The lowest BCUT2D eigenvalue weighted by molar-refractivity contribution is -0.127. The van der Waals surface area contributed by atoms with Crippen LogP contribution in [0.1, 0.15) is 21.6 Å². The third-order valence-electron chi connectivity index (χ3n) is 5.42. The molecule has 4 aromatic rings. The number of carboxylic acids is 1. The number of fused-ring (bicyclic) bond motifs is 2. The molecule has 0 fully saturated rings. The zero-order valence-electron chi connectivity index (χ0n) is 17.0. The molecule has 3 aromatic carbocycles. The summed E-state index contributed by atoms with van der Waals surface area (Å²) >= 11 is 0. The van der Waals surface area contributed by atoms with Gasteiger partial charge >= 0.3 is 5.97 Å². The van der Waals surface area contributed by atoms with Crippen LogP contribution in [0.4, 0.5) is 8.78 Å². The molecule has 4 rings (SSSR count). The maximum atomic E-state index is 14.0. The zero-order valence-corrected chi connectivity index (χ0v) is 17.0. The smallest absolute Gasteiger partial charge is 0.352 e. The van der Waals surface area contributed by atoms with Crippen molar-refractivity contribution in [2.24, 2.45) is 0 Å². The number of carbonyl (C=O) groups is 2. The first-order valence-corrected chi connectivity index (χ1v) is 9.67. The van der Waals surface area contributed by atoms with Crippen LogP contribution >= 0.6 is 0 Å². The second-order valence-corrected chi connectivity index (χ2v) is 7.63. The molecule has 0 spiro atoms. The monoisotopic (exact) mass is 422 g/mol. The van der Waals surface area contributed by atoms with Crippen molar-refractivity contribution in [1.29, 1.82) is 0 Å². The summed E-state index contributed by atoms with van der Waals surface area (Å²) in [5.41, 5.74) is 1.39. The van der Waals surface area contributed by atoms with E-state index >= 15 is 0 Å². The van der Waals surface area contributed by atoms with Gasteiger partial charge in [-0.2, -0.15) is 0 Å². The maximum absolute atomic E-state index is 14.0. The number of aromatic nitrogens is 1. The Morgan fingerprint density at radius 3 is 2.32 bits per heavy atom. The summed E-state index contributed by atoms with van der Waals surface area (Å²) in [4.78, 5) is 26.0. The van der Waals surface area contributed by atoms with Gasteiger partial charge in [0.1, 0.15) is 17.3 Å². The van der Waals surface area contributed by atoms with Crippen molar-refractivity contribution in [2.75, 3.05) is 14.1 Å². The average molecular weight is 422 g/mol. The molecular formula is C24H20F2N2O3. The van der Waals surface area contributed by atoms with Crippen LogP contribution in [0.3, 0.4) is 0 Å². The Labute approximate surface area is 177 Å². The minimum absolute atomic E-state index is 0.0794. The third-order valence-corrected chi connectivity index (χ3v) is 5.42. The van der Waals surface area contributed by atoms with E-state index in [0.717, 1.165) is 5.39 Å². The lowest BCUT2D eigenvalue weighted by Crippen LogP contribution is -2.24. The second kappa shape index (κ2) is 7.83. The molecule has 1 heterocycles. The Hall–Kier alpha value is -3.74. The summed E-state index contributed by atoms with van der Waals surface area (Å²) < 4.78 is 29.5. The quantitative estimate of drug-likeness (QED) is 0.517. The van der Waals surface area contributed by atoms with E-state index in [1.807, 2.05) is 12.1 Å². The Morgan fingerprint density at radius 2 is 1.65 bits per heavy atom. The van der Waals surface area contributed by atoms with Crippen LogP contribution in [0.15, 0.2) is 54.6 Å². The third kappa shape index (κ3) is 3.74. The Morgan fingerprint density at radius 1 is 0.968 bits per heavy atom. The first kappa shape index (κ1) is 20.5. The van der Waals surface area contributed by atoms with Crippen LogP contribution in [0, 0.1) is 11.6 Å². The number of hydrogen-bond acceptors (Lipinski definition) is 2. The number of carbonyl (C=O) groups excluding carboxylic acids is 1. The summed E-state index contributed by atoms with van der Waals surface area (Å²) in [6, 6.07) is 13.9. The summed E-state index contributed by atoms with van der Waals surface area (Å²) in [5, 5.41) is 11.9. The van der Waals surface area contributed by atoms with Gasteiger partial charge in [-0.05, 0) is 46.7 Å². The van der Waals surface area contributed by atoms with Crippen LogP contribution in [0.2, 0.25) is 0 Å². The molecule has 0 bridgehead atoms. The van der Waals surface area contributed by atoms with Gasteiger partial charge in [0.25, 0.3) is 0 Å². The van der Waals surface area contributed by atoms with E-state index < -0.39 is 17.6 Å². The van der Waals surface area contributed by atoms with Crippen LogP contribution in [-0.4, -0.2) is 40.5 Å². The topological polar surface area (TPSA) is 62.5 Å². The fraction of sp³-hybridized carbons (Fsp3) is 0.167. The van der Waals surface area contributed by atoms with E-state index in [0.29, 0.717) is 21.9 Å². The van der Waals surface area contributed by atoms with Crippen molar-refractivity contribution >= 4 is 33.6 Å². The van der Waals surface area contributed by atoms with Crippen LogP contribution in [0.5, 0.6) is 0 Å². The second-order valence-electron chi connectivity index (χ2n) is 7.63. The normalized spacial score (nSPS) is 11.2. The number of amides is 1. The van der Waals surface area contributed by atoms with Crippen LogP contribution < -0.4 is 0 Å². The molecule has 1 aromatic heterocycles. The summed E-state index contributed by atoms with van der Waals surface area (Å²) in [7, 11) is 3.15. The van der Waals surface area contributed by atoms with Gasteiger partial charge in [0.15, 0.2) is 0 Å². The first-order valence-electron chi connectivity index (χ1n) is 9.67. The number of carboxylic acid groups (broad SMARTS) is 1. The minimum Gasteiger partial charge on any atom is -0.477 e. The summed E-state index contributed by atoms with van der Waals surface area (Å²) in [6.45, 7) is 0.126. The molecular weight excluding hydrogens is 402 g/mol. The highest BCUT2D eigenvalue weighted by atomic mass is 19.1. The molecule has 0 aliphatic carbocycles. The van der Waals surface area contributed by atoms with Gasteiger partial charge in [-0.1, -0.05) is 24.3 Å². The van der Waals surface area contributed by atoms with Crippen molar-refractivity contribution in [3.8, 4) is 0 Å². The predicted octanol–water partition coefficient (Wildman–Crippen LogP) is 4.45. The van der Waals surface area contributed by atoms with Gasteiger partial charge in [0.2, 0.25) is 5.91 Å². The van der Waals surface area contributed by atoms with Crippen molar-refractivity contribution in [1.82, 2.24) is 9.47 Å². The van der Waals surface area contributed by atoms with Gasteiger partial charge in [-0.3, -0.25) is 4.79 Å². The molecule has 0 unspecified atom stereocenters. The summed E-state index contributed by atoms with van der Waals surface area (Å²) in [6.07, 6.45) is -0.175. The predicted molar refractivity (Wildman–Crippen MR) is 114 cm³/mol. The highest BCUT2D eigenvalue weighted by Gasteiger charge is 2.25. The Kier molecular flexibility index (Phi) is 5.19. The van der Waals surface area contributed by atoms with Crippen LogP contribution in [-0.2, 0) is 17.8 Å². The molecule has 1 amide bonds. The van der Waals surface area contributed by atoms with E-state index in [1.165, 1.54) is 35.2 Å². The van der Waals surface area contributed by atoms with E-state index in [-0.39, 0.29) is 30.1 Å². The van der Waals surface area contributed by atoms with Gasteiger partial charge in [-0.25, -0.2) is 13.6 Å². The molecule has 7 heteroatoms. The zero-order chi connectivity index (χ0) is 22.3. The fourth-order valence-electron chi connectivity index (χ4n) is 3.91. The number of aromatic carboxylic acids is 1. The van der Waals surface area contributed by atoms with E-state index in [1.54, 1.807) is 30.8 Å². The SMILES string of the molecule is CN(C)C(=O)Cc1c(C(=O)O)n(Cc2cccc3ccc(F)cc23)c2ccc(F)cc12. The molecule has 0 aliphatic rings. The lowest BCUT2D eigenvalue weighted by Gasteiger charge is -2.13. The number of likely N-dealkylation sites (N-methyl/N-ethyl adjacent to an activating group) is 1. The molecule has 0 radical (unpaired) electrons. The molecule has 31 heavy (non-hydrogen) atoms. The molecule has 0 saturated carbocycles. The largest absolute Gasteiger partial charge is 0.477 e.